The number of amides is 2. The first kappa shape index (κ1) is 20.8. The zero-order chi connectivity index (χ0) is 20.4. The van der Waals surface area contributed by atoms with Crippen molar-refractivity contribution in [1.82, 2.24) is 5.43 Å². The third-order valence-electron chi connectivity index (χ3n) is 3.76. The number of nitrogens with zero attached hydrogens (tertiary/aromatic N) is 1. The predicted molar refractivity (Wildman–Crippen MR) is 106 cm³/mol. The molecule has 0 saturated carbocycles. The third kappa shape index (κ3) is 6.31. The minimum atomic E-state index is -0.360. The summed E-state index contributed by atoms with van der Waals surface area (Å²) >= 11 is 0. The molecule has 0 spiro atoms. The molecule has 8 heteroatoms. The van der Waals surface area contributed by atoms with Crippen molar-refractivity contribution in [3.63, 3.8) is 0 Å². The van der Waals surface area contributed by atoms with Gasteiger partial charge in [-0.2, -0.15) is 5.10 Å². The molecular weight excluding hydrogens is 362 g/mol. The van der Waals surface area contributed by atoms with Gasteiger partial charge in [0, 0.05) is 18.5 Å². The van der Waals surface area contributed by atoms with Crippen LogP contribution in [0.1, 0.15) is 18.4 Å². The molecule has 0 aliphatic carbocycles. The van der Waals surface area contributed by atoms with Gasteiger partial charge in [0.2, 0.25) is 11.8 Å². The summed E-state index contributed by atoms with van der Waals surface area (Å²) in [7, 11) is 4.66. The molecule has 0 saturated heterocycles. The number of hydrogen-bond acceptors (Lipinski definition) is 6. The normalized spacial score (nSPS) is 10.4. The van der Waals surface area contributed by atoms with Crippen LogP contribution in [0.4, 0.5) is 5.69 Å². The second-order valence-electron chi connectivity index (χ2n) is 5.68. The standard InChI is InChI=1S/C20H23N3O5/c1-26-16-7-5-15(6-8-16)22-19(24)10-11-20(25)23-21-13-14-4-9-17(27-2)18(12-14)28-3/h4-9,12-13H,10-11H2,1-3H3,(H,22,24)(H,23,25)/b21-13+. The topological polar surface area (TPSA) is 98.2 Å². The van der Waals surface area contributed by atoms with E-state index in [9.17, 15) is 9.59 Å². The number of carbonyl (C=O) groups excluding carboxylic acids is 2. The molecule has 0 fully saturated rings. The molecule has 0 aliphatic rings. The maximum atomic E-state index is 11.9. The first-order valence-electron chi connectivity index (χ1n) is 8.53. The van der Waals surface area contributed by atoms with Gasteiger partial charge >= 0.3 is 0 Å². The Kier molecular flexibility index (Phi) is 7.83. The zero-order valence-corrected chi connectivity index (χ0v) is 16.0. The van der Waals surface area contributed by atoms with Gasteiger partial charge in [0.15, 0.2) is 11.5 Å². The van der Waals surface area contributed by atoms with E-state index in [0.717, 1.165) is 5.56 Å². The van der Waals surface area contributed by atoms with Gasteiger partial charge in [-0.25, -0.2) is 5.43 Å². The van der Waals surface area contributed by atoms with E-state index in [1.807, 2.05) is 0 Å². The smallest absolute Gasteiger partial charge is 0.240 e. The number of anilines is 1. The van der Waals surface area contributed by atoms with Gasteiger partial charge in [-0.05, 0) is 48.0 Å². The average molecular weight is 385 g/mol. The van der Waals surface area contributed by atoms with Gasteiger partial charge < -0.3 is 19.5 Å². The number of rotatable bonds is 9. The second kappa shape index (κ2) is 10.6. The van der Waals surface area contributed by atoms with E-state index >= 15 is 0 Å². The van der Waals surface area contributed by atoms with Crippen molar-refractivity contribution >= 4 is 23.7 Å². The Balaban J connectivity index is 1.77. The summed E-state index contributed by atoms with van der Waals surface area (Å²) in [6.07, 6.45) is 1.55. The lowest BCUT2D eigenvalue weighted by Crippen LogP contribution is -2.20. The quantitative estimate of drug-likeness (QED) is 0.511. The number of hydrazone groups is 1. The lowest BCUT2D eigenvalue weighted by Gasteiger charge is -2.07. The fraction of sp³-hybridized carbons (Fsp3) is 0.250. The van der Waals surface area contributed by atoms with Crippen LogP contribution in [-0.4, -0.2) is 39.4 Å². The predicted octanol–water partition coefficient (Wildman–Crippen LogP) is 2.58. The highest BCUT2D eigenvalue weighted by Gasteiger charge is 2.07. The lowest BCUT2D eigenvalue weighted by molar-refractivity contribution is -0.124. The van der Waals surface area contributed by atoms with Crippen LogP contribution in [0.3, 0.4) is 0 Å². The van der Waals surface area contributed by atoms with E-state index in [1.165, 1.54) is 13.3 Å². The van der Waals surface area contributed by atoms with Crippen LogP contribution in [-0.2, 0) is 9.59 Å². The van der Waals surface area contributed by atoms with Crippen molar-refractivity contribution in [2.75, 3.05) is 26.6 Å². The number of hydrogen-bond donors (Lipinski definition) is 2. The van der Waals surface area contributed by atoms with Crippen molar-refractivity contribution in [3.8, 4) is 17.2 Å². The molecule has 2 rings (SSSR count). The highest BCUT2D eigenvalue weighted by Crippen LogP contribution is 2.26. The van der Waals surface area contributed by atoms with Crippen LogP contribution in [0.5, 0.6) is 17.2 Å². The maximum Gasteiger partial charge on any atom is 0.240 e. The molecule has 28 heavy (non-hydrogen) atoms. The lowest BCUT2D eigenvalue weighted by atomic mass is 10.2. The molecular formula is C20H23N3O5. The van der Waals surface area contributed by atoms with Gasteiger partial charge in [0.1, 0.15) is 5.75 Å². The van der Waals surface area contributed by atoms with E-state index in [-0.39, 0.29) is 24.7 Å². The molecule has 8 nitrogen and oxygen atoms in total. The van der Waals surface area contributed by atoms with Crippen molar-refractivity contribution < 1.29 is 23.8 Å². The Labute approximate surface area is 163 Å². The van der Waals surface area contributed by atoms with Gasteiger partial charge in [-0.15, -0.1) is 0 Å². The Morgan fingerprint density at radius 3 is 2.21 bits per heavy atom. The Bertz CT molecular complexity index is 834. The van der Waals surface area contributed by atoms with Gasteiger partial charge in [-0.1, -0.05) is 0 Å². The largest absolute Gasteiger partial charge is 0.497 e. The van der Waals surface area contributed by atoms with Crippen molar-refractivity contribution in [1.29, 1.82) is 0 Å². The summed E-state index contributed by atoms with van der Waals surface area (Å²) in [5, 5.41) is 6.60. The van der Waals surface area contributed by atoms with Crippen LogP contribution in [0.25, 0.3) is 0 Å². The number of methoxy groups -OCH3 is 3. The molecule has 148 valence electrons. The van der Waals surface area contributed by atoms with E-state index in [2.05, 4.69) is 15.8 Å². The molecule has 2 aromatic carbocycles. The van der Waals surface area contributed by atoms with E-state index in [1.54, 1.807) is 56.7 Å². The fourth-order valence-electron chi connectivity index (χ4n) is 2.29. The molecule has 0 aliphatic heterocycles. The molecule has 0 unspecified atom stereocenters. The number of carbonyl (C=O) groups is 2. The zero-order valence-electron chi connectivity index (χ0n) is 16.0. The summed E-state index contributed by atoms with van der Waals surface area (Å²) in [5.74, 6) is 1.25. The summed E-state index contributed by atoms with van der Waals surface area (Å²) in [6.45, 7) is 0. The average Bonchev–Trinajstić information content (AvgIpc) is 2.72. The molecule has 0 radical (unpaired) electrons. The van der Waals surface area contributed by atoms with Crippen molar-refractivity contribution in [2.45, 2.75) is 12.8 Å². The molecule has 0 bridgehead atoms. The SMILES string of the molecule is COc1ccc(NC(=O)CCC(=O)N/N=C/c2ccc(OC)c(OC)c2)cc1. The Hall–Kier alpha value is -3.55. The van der Waals surface area contributed by atoms with Crippen LogP contribution in [0.2, 0.25) is 0 Å². The third-order valence-corrected chi connectivity index (χ3v) is 3.76. The first-order valence-corrected chi connectivity index (χ1v) is 8.53. The summed E-state index contributed by atoms with van der Waals surface area (Å²) in [6, 6.07) is 12.2. The summed E-state index contributed by atoms with van der Waals surface area (Å²) in [4.78, 5) is 23.7. The van der Waals surface area contributed by atoms with Crippen LogP contribution < -0.4 is 25.0 Å². The Morgan fingerprint density at radius 2 is 1.57 bits per heavy atom. The fourth-order valence-corrected chi connectivity index (χ4v) is 2.29. The minimum Gasteiger partial charge on any atom is -0.497 e. The highest BCUT2D eigenvalue weighted by atomic mass is 16.5. The van der Waals surface area contributed by atoms with E-state index in [4.69, 9.17) is 14.2 Å². The minimum absolute atomic E-state index is 0.0191. The molecule has 0 heterocycles. The van der Waals surface area contributed by atoms with Crippen molar-refractivity contribution in [3.05, 3.63) is 48.0 Å². The molecule has 0 atom stereocenters. The van der Waals surface area contributed by atoms with Gasteiger partial charge in [-0.3, -0.25) is 9.59 Å². The van der Waals surface area contributed by atoms with Crippen LogP contribution >= 0.6 is 0 Å². The molecule has 2 amide bonds. The van der Waals surface area contributed by atoms with Crippen molar-refractivity contribution in [2.24, 2.45) is 5.10 Å². The van der Waals surface area contributed by atoms with E-state index in [0.29, 0.717) is 22.9 Å². The van der Waals surface area contributed by atoms with Gasteiger partial charge in [0.05, 0.1) is 27.5 Å². The number of ether oxygens (including phenoxy) is 3. The van der Waals surface area contributed by atoms with Gasteiger partial charge in [0.25, 0.3) is 0 Å². The second-order valence-corrected chi connectivity index (χ2v) is 5.68. The first-order chi connectivity index (χ1) is 13.5. The number of benzene rings is 2. The van der Waals surface area contributed by atoms with E-state index < -0.39 is 0 Å². The van der Waals surface area contributed by atoms with Crippen LogP contribution in [0, 0.1) is 0 Å². The molecule has 2 aromatic rings. The van der Waals surface area contributed by atoms with Crippen LogP contribution in [0.15, 0.2) is 47.6 Å². The number of nitrogens with one attached hydrogen (secondary N) is 2. The molecule has 0 aromatic heterocycles. The maximum absolute atomic E-state index is 11.9. The molecule has 2 N–H and O–H groups in total. The monoisotopic (exact) mass is 385 g/mol. The Morgan fingerprint density at radius 1 is 0.893 bits per heavy atom. The summed E-state index contributed by atoms with van der Waals surface area (Å²) < 4.78 is 15.4. The highest BCUT2D eigenvalue weighted by molar-refractivity contribution is 5.93. The summed E-state index contributed by atoms with van der Waals surface area (Å²) in [5.41, 5.74) is 3.76.